The second kappa shape index (κ2) is 3.11. The number of hydrogen-bond acceptors (Lipinski definition) is 2. The van der Waals surface area contributed by atoms with E-state index in [2.05, 4.69) is 26.1 Å². The maximum Gasteiger partial charge on any atom is 0.0226 e. The van der Waals surface area contributed by atoms with E-state index < -0.39 is 0 Å². The maximum atomic E-state index is 5.53. The lowest BCUT2D eigenvalue weighted by Crippen LogP contribution is -2.20. The van der Waals surface area contributed by atoms with Gasteiger partial charge in [-0.1, -0.05) is 13.8 Å². The molecular weight excluding hydrogens is 136 g/mol. The van der Waals surface area contributed by atoms with Gasteiger partial charge in [-0.3, -0.25) is 0 Å². The molecular formula is C9H20N2. The first kappa shape index (κ1) is 9.01. The average Bonchev–Trinajstić information content (AvgIpc) is 2.44. The zero-order valence-electron chi connectivity index (χ0n) is 7.85. The van der Waals surface area contributed by atoms with Crippen molar-refractivity contribution in [1.29, 1.82) is 0 Å². The molecule has 2 heteroatoms. The summed E-state index contributed by atoms with van der Waals surface area (Å²) in [5, 5.41) is 3.41. The fourth-order valence-electron chi connectivity index (χ4n) is 1.61. The van der Waals surface area contributed by atoms with Crippen molar-refractivity contribution < 1.29 is 0 Å². The highest BCUT2D eigenvalue weighted by atomic mass is 15.1. The van der Waals surface area contributed by atoms with Gasteiger partial charge in [-0.15, -0.1) is 0 Å². The van der Waals surface area contributed by atoms with Gasteiger partial charge < -0.3 is 11.1 Å². The Hall–Kier alpha value is -0.0800. The summed E-state index contributed by atoms with van der Waals surface area (Å²) in [4.78, 5) is 0. The molecule has 1 rings (SSSR count). The van der Waals surface area contributed by atoms with Crippen LogP contribution in [0.3, 0.4) is 0 Å². The molecule has 0 saturated carbocycles. The Bertz CT molecular complexity index is 132. The molecule has 0 radical (unpaired) electrons. The van der Waals surface area contributed by atoms with E-state index in [-0.39, 0.29) is 0 Å². The van der Waals surface area contributed by atoms with Crippen LogP contribution in [0.5, 0.6) is 0 Å². The van der Waals surface area contributed by atoms with Crippen LogP contribution >= 0.6 is 0 Å². The third kappa shape index (κ3) is 2.80. The Labute approximate surface area is 69.5 Å². The Morgan fingerprint density at radius 2 is 2.00 bits per heavy atom. The Balaban J connectivity index is 2.22. The molecule has 0 amide bonds. The van der Waals surface area contributed by atoms with Crippen molar-refractivity contribution in [3.05, 3.63) is 0 Å². The predicted octanol–water partition coefficient (Wildman–Crippen LogP) is 1.11. The number of rotatable bonds is 4. The van der Waals surface area contributed by atoms with Gasteiger partial charge in [0, 0.05) is 12.1 Å². The molecule has 2 atom stereocenters. The van der Waals surface area contributed by atoms with Crippen molar-refractivity contribution in [2.24, 2.45) is 11.1 Å². The van der Waals surface area contributed by atoms with E-state index in [1.165, 1.54) is 6.42 Å². The minimum atomic E-state index is 0.428. The van der Waals surface area contributed by atoms with Gasteiger partial charge in [-0.05, 0) is 31.7 Å². The van der Waals surface area contributed by atoms with Crippen LogP contribution < -0.4 is 11.1 Å². The Morgan fingerprint density at radius 1 is 1.45 bits per heavy atom. The number of nitrogens with one attached hydrogen (secondary N) is 1. The molecule has 1 fully saturated rings. The topological polar surface area (TPSA) is 48.0 Å². The molecule has 1 aliphatic heterocycles. The molecule has 2 unspecified atom stereocenters. The first-order chi connectivity index (χ1) is 5.05. The fraction of sp³-hybridized carbons (Fsp3) is 1.00. The first-order valence-corrected chi connectivity index (χ1v) is 4.51. The predicted molar refractivity (Wildman–Crippen MR) is 48.5 cm³/mol. The Kier molecular flexibility index (Phi) is 2.55. The SMILES string of the molecule is CC1NC1CC(C)(C)CCN. The van der Waals surface area contributed by atoms with Gasteiger partial charge in [0.25, 0.3) is 0 Å². The van der Waals surface area contributed by atoms with Crippen molar-refractivity contribution in [3.63, 3.8) is 0 Å². The van der Waals surface area contributed by atoms with E-state index in [0.717, 1.165) is 25.0 Å². The van der Waals surface area contributed by atoms with Gasteiger partial charge in [-0.25, -0.2) is 0 Å². The van der Waals surface area contributed by atoms with E-state index in [1.807, 2.05) is 0 Å². The third-order valence-corrected chi connectivity index (χ3v) is 2.57. The van der Waals surface area contributed by atoms with Crippen molar-refractivity contribution in [2.75, 3.05) is 6.54 Å². The van der Waals surface area contributed by atoms with Gasteiger partial charge in [0.15, 0.2) is 0 Å². The van der Waals surface area contributed by atoms with Crippen LogP contribution in [-0.2, 0) is 0 Å². The summed E-state index contributed by atoms with van der Waals surface area (Å²) in [6.45, 7) is 7.65. The molecule has 1 heterocycles. The smallest absolute Gasteiger partial charge is 0.0226 e. The van der Waals surface area contributed by atoms with Crippen molar-refractivity contribution >= 4 is 0 Å². The second-order valence-corrected chi connectivity index (χ2v) is 4.47. The second-order valence-electron chi connectivity index (χ2n) is 4.47. The van der Waals surface area contributed by atoms with E-state index in [0.29, 0.717) is 5.41 Å². The van der Waals surface area contributed by atoms with Crippen molar-refractivity contribution in [1.82, 2.24) is 5.32 Å². The van der Waals surface area contributed by atoms with Crippen molar-refractivity contribution in [3.8, 4) is 0 Å². The molecule has 66 valence electrons. The molecule has 3 N–H and O–H groups in total. The number of hydrogen-bond donors (Lipinski definition) is 2. The van der Waals surface area contributed by atoms with Crippen LogP contribution in [0, 0.1) is 5.41 Å². The highest BCUT2D eigenvalue weighted by Crippen LogP contribution is 2.31. The minimum absolute atomic E-state index is 0.428. The lowest BCUT2D eigenvalue weighted by atomic mass is 9.84. The summed E-state index contributed by atoms with van der Waals surface area (Å²) in [6, 6.07) is 1.50. The van der Waals surface area contributed by atoms with E-state index in [1.54, 1.807) is 0 Å². The molecule has 0 bridgehead atoms. The van der Waals surface area contributed by atoms with Crippen LogP contribution in [0.4, 0.5) is 0 Å². The molecule has 0 aromatic heterocycles. The fourth-order valence-corrected chi connectivity index (χ4v) is 1.61. The summed E-state index contributed by atoms with van der Waals surface area (Å²) in [6.07, 6.45) is 2.41. The zero-order chi connectivity index (χ0) is 8.48. The van der Waals surface area contributed by atoms with Gasteiger partial charge in [0.05, 0.1) is 0 Å². The van der Waals surface area contributed by atoms with Crippen LogP contribution in [0.1, 0.15) is 33.6 Å². The minimum Gasteiger partial charge on any atom is -0.330 e. The highest BCUT2D eigenvalue weighted by molar-refractivity contribution is 4.97. The van der Waals surface area contributed by atoms with Crippen LogP contribution in [0.25, 0.3) is 0 Å². The summed E-state index contributed by atoms with van der Waals surface area (Å²) in [5.41, 5.74) is 5.95. The largest absolute Gasteiger partial charge is 0.330 e. The molecule has 11 heavy (non-hydrogen) atoms. The molecule has 2 nitrogen and oxygen atoms in total. The summed E-state index contributed by atoms with van der Waals surface area (Å²) < 4.78 is 0. The lowest BCUT2D eigenvalue weighted by molar-refractivity contribution is 0.310. The van der Waals surface area contributed by atoms with Crippen LogP contribution in [-0.4, -0.2) is 18.6 Å². The van der Waals surface area contributed by atoms with Crippen molar-refractivity contribution in [2.45, 2.75) is 45.7 Å². The highest BCUT2D eigenvalue weighted by Gasteiger charge is 2.35. The van der Waals surface area contributed by atoms with Gasteiger partial charge >= 0.3 is 0 Å². The van der Waals surface area contributed by atoms with Crippen LogP contribution in [0.2, 0.25) is 0 Å². The quantitative estimate of drug-likeness (QED) is 0.599. The third-order valence-electron chi connectivity index (χ3n) is 2.57. The molecule has 0 aromatic rings. The molecule has 0 aliphatic carbocycles. The number of nitrogens with two attached hydrogens (primary N) is 1. The zero-order valence-corrected chi connectivity index (χ0v) is 7.85. The van der Waals surface area contributed by atoms with Gasteiger partial charge in [0.2, 0.25) is 0 Å². The molecule has 0 aromatic carbocycles. The average molecular weight is 156 g/mol. The summed E-state index contributed by atoms with van der Waals surface area (Å²) >= 11 is 0. The molecule has 1 aliphatic rings. The Morgan fingerprint density at radius 3 is 2.36 bits per heavy atom. The van der Waals surface area contributed by atoms with E-state index >= 15 is 0 Å². The standard InChI is InChI=1S/C9H20N2/c1-7-8(11-7)6-9(2,3)4-5-10/h7-8,11H,4-6,10H2,1-3H3. The monoisotopic (exact) mass is 156 g/mol. The van der Waals surface area contributed by atoms with Gasteiger partial charge in [-0.2, -0.15) is 0 Å². The maximum absolute atomic E-state index is 5.53. The first-order valence-electron chi connectivity index (χ1n) is 4.51. The van der Waals surface area contributed by atoms with E-state index in [4.69, 9.17) is 5.73 Å². The summed E-state index contributed by atoms with van der Waals surface area (Å²) in [5.74, 6) is 0. The molecule has 1 saturated heterocycles. The van der Waals surface area contributed by atoms with Crippen LogP contribution in [0.15, 0.2) is 0 Å². The summed E-state index contributed by atoms with van der Waals surface area (Å²) in [7, 11) is 0. The lowest BCUT2D eigenvalue weighted by Gasteiger charge is -2.23. The van der Waals surface area contributed by atoms with Gasteiger partial charge in [0.1, 0.15) is 0 Å². The van der Waals surface area contributed by atoms with E-state index in [9.17, 15) is 0 Å². The normalized spacial score (nSPS) is 30.5. The molecule has 0 spiro atoms.